The van der Waals surface area contributed by atoms with Crippen molar-refractivity contribution in [3.8, 4) is 0 Å². The highest BCUT2D eigenvalue weighted by Gasteiger charge is 2.21. The molecule has 0 spiro atoms. The summed E-state index contributed by atoms with van der Waals surface area (Å²) in [5, 5.41) is 2.76. The minimum Gasteiger partial charge on any atom is -0.322 e. The summed E-state index contributed by atoms with van der Waals surface area (Å²) < 4.78 is 29.1. The fourth-order valence-corrected chi connectivity index (χ4v) is 4.44. The molecular weight excluding hydrogens is 476 g/mol. The molecule has 0 saturated carbocycles. The summed E-state index contributed by atoms with van der Waals surface area (Å²) in [5.74, 6) is -0.438. The van der Waals surface area contributed by atoms with E-state index in [9.17, 15) is 13.2 Å². The molecule has 3 rings (SSSR count). The molecule has 1 amide bonds. The fraction of sp³-hybridized carbons (Fsp3) is 0.0952. The van der Waals surface area contributed by atoms with Crippen molar-refractivity contribution in [2.24, 2.45) is 0 Å². The smallest absolute Gasteiger partial charge is 0.263 e. The van der Waals surface area contributed by atoms with Crippen LogP contribution in [-0.4, -0.2) is 14.3 Å². The molecular formula is C21H18BrClN2O3S. The van der Waals surface area contributed by atoms with E-state index in [4.69, 9.17) is 11.6 Å². The predicted octanol–water partition coefficient (Wildman–Crippen LogP) is 5.77. The third kappa shape index (κ3) is 5.18. The van der Waals surface area contributed by atoms with Gasteiger partial charge < -0.3 is 5.32 Å². The van der Waals surface area contributed by atoms with Gasteiger partial charge in [0.15, 0.2) is 0 Å². The van der Waals surface area contributed by atoms with Crippen molar-refractivity contribution in [1.29, 1.82) is 0 Å². The van der Waals surface area contributed by atoms with Crippen LogP contribution in [0.4, 0.5) is 11.4 Å². The van der Waals surface area contributed by atoms with Crippen LogP contribution in [0.1, 0.15) is 21.5 Å². The van der Waals surface area contributed by atoms with Crippen LogP contribution in [-0.2, 0) is 10.0 Å². The van der Waals surface area contributed by atoms with Gasteiger partial charge in [0.1, 0.15) is 4.90 Å². The lowest BCUT2D eigenvalue weighted by molar-refractivity contribution is 0.102. The Morgan fingerprint density at radius 3 is 2.21 bits per heavy atom. The zero-order chi connectivity index (χ0) is 21.2. The molecule has 3 aromatic rings. The molecule has 0 fully saturated rings. The van der Waals surface area contributed by atoms with E-state index in [-0.39, 0.29) is 15.5 Å². The Labute approximate surface area is 183 Å². The quantitative estimate of drug-likeness (QED) is 0.473. The van der Waals surface area contributed by atoms with Crippen LogP contribution in [0.3, 0.4) is 0 Å². The van der Waals surface area contributed by atoms with E-state index in [1.807, 2.05) is 19.9 Å². The van der Waals surface area contributed by atoms with Gasteiger partial charge in [0.25, 0.3) is 15.9 Å². The molecule has 0 bridgehead atoms. The highest BCUT2D eigenvalue weighted by molar-refractivity contribution is 9.10. The molecule has 150 valence electrons. The molecule has 0 radical (unpaired) electrons. The number of hydrogen-bond acceptors (Lipinski definition) is 3. The van der Waals surface area contributed by atoms with E-state index in [1.165, 1.54) is 18.2 Å². The second-order valence-electron chi connectivity index (χ2n) is 6.51. The van der Waals surface area contributed by atoms with Crippen molar-refractivity contribution in [1.82, 2.24) is 0 Å². The Bertz CT molecular complexity index is 1180. The molecule has 0 saturated heterocycles. The van der Waals surface area contributed by atoms with E-state index in [2.05, 4.69) is 26.0 Å². The lowest BCUT2D eigenvalue weighted by atomic mass is 10.1. The number of carbonyl (C=O) groups excluding carboxylic acids is 1. The summed E-state index contributed by atoms with van der Waals surface area (Å²) in [6.45, 7) is 3.84. The molecule has 8 heteroatoms. The van der Waals surface area contributed by atoms with Crippen LogP contribution in [0.15, 0.2) is 70.0 Å². The summed E-state index contributed by atoms with van der Waals surface area (Å²) in [7, 11) is -3.98. The van der Waals surface area contributed by atoms with Crippen LogP contribution in [0.5, 0.6) is 0 Å². The maximum Gasteiger partial charge on any atom is 0.263 e. The van der Waals surface area contributed by atoms with Gasteiger partial charge in [-0.1, -0.05) is 33.6 Å². The van der Waals surface area contributed by atoms with Gasteiger partial charge in [0.2, 0.25) is 0 Å². The molecule has 0 heterocycles. The Balaban J connectivity index is 1.88. The Morgan fingerprint density at radius 2 is 1.55 bits per heavy atom. The molecule has 0 unspecified atom stereocenters. The predicted molar refractivity (Wildman–Crippen MR) is 120 cm³/mol. The molecule has 3 aromatic carbocycles. The Kier molecular flexibility index (Phi) is 6.31. The van der Waals surface area contributed by atoms with Gasteiger partial charge in [-0.15, -0.1) is 0 Å². The first kappa shape index (κ1) is 21.4. The van der Waals surface area contributed by atoms with Gasteiger partial charge >= 0.3 is 0 Å². The van der Waals surface area contributed by atoms with Crippen molar-refractivity contribution in [3.05, 3.63) is 86.8 Å². The number of aryl methyl sites for hydroxylation is 2. The first-order chi connectivity index (χ1) is 13.7. The van der Waals surface area contributed by atoms with E-state index in [0.29, 0.717) is 11.4 Å². The van der Waals surface area contributed by atoms with Crippen LogP contribution >= 0.6 is 27.5 Å². The van der Waals surface area contributed by atoms with Gasteiger partial charge in [-0.05, 0) is 79.6 Å². The summed E-state index contributed by atoms with van der Waals surface area (Å²) in [6.07, 6.45) is 0. The van der Waals surface area contributed by atoms with Crippen molar-refractivity contribution >= 4 is 54.8 Å². The van der Waals surface area contributed by atoms with Gasteiger partial charge in [-0.2, -0.15) is 0 Å². The van der Waals surface area contributed by atoms with Crippen molar-refractivity contribution in [2.75, 3.05) is 10.0 Å². The van der Waals surface area contributed by atoms with Crippen LogP contribution in [0, 0.1) is 13.8 Å². The number of sulfonamides is 1. The molecule has 0 atom stereocenters. The van der Waals surface area contributed by atoms with E-state index >= 15 is 0 Å². The molecule has 0 aliphatic rings. The summed E-state index contributed by atoms with van der Waals surface area (Å²) >= 11 is 9.46. The number of benzene rings is 3. The normalized spacial score (nSPS) is 11.2. The van der Waals surface area contributed by atoms with Crippen molar-refractivity contribution in [3.63, 3.8) is 0 Å². The van der Waals surface area contributed by atoms with Crippen LogP contribution in [0.25, 0.3) is 0 Å². The maximum atomic E-state index is 12.9. The minimum atomic E-state index is -3.98. The number of nitrogens with one attached hydrogen (secondary N) is 2. The second kappa shape index (κ2) is 8.57. The zero-order valence-corrected chi connectivity index (χ0v) is 18.8. The number of anilines is 2. The van der Waals surface area contributed by atoms with Crippen LogP contribution < -0.4 is 10.0 Å². The number of hydrogen-bond donors (Lipinski definition) is 2. The molecule has 5 nitrogen and oxygen atoms in total. The number of amides is 1. The highest BCUT2D eigenvalue weighted by Crippen LogP contribution is 2.26. The van der Waals surface area contributed by atoms with Gasteiger partial charge in [-0.3, -0.25) is 9.52 Å². The Hall–Kier alpha value is -2.35. The summed E-state index contributed by atoms with van der Waals surface area (Å²) in [6, 6.07) is 16.4. The molecule has 0 aliphatic heterocycles. The lowest BCUT2D eigenvalue weighted by Crippen LogP contribution is -2.16. The van der Waals surface area contributed by atoms with Crippen molar-refractivity contribution in [2.45, 2.75) is 18.7 Å². The average molecular weight is 494 g/mol. The number of halogens is 2. The topological polar surface area (TPSA) is 75.3 Å². The molecule has 0 aromatic heterocycles. The minimum absolute atomic E-state index is 0.0292. The van der Waals surface area contributed by atoms with Crippen LogP contribution in [0.2, 0.25) is 5.02 Å². The van der Waals surface area contributed by atoms with E-state index in [1.54, 1.807) is 36.4 Å². The summed E-state index contributed by atoms with van der Waals surface area (Å²) in [4.78, 5) is 12.4. The lowest BCUT2D eigenvalue weighted by Gasteiger charge is -2.12. The molecule has 0 aliphatic carbocycles. The molecule has 29 heavy (non-hydrogen) atoms. The second-order valence-corrected chi connectivity index (χ2v) is 9.48. The molecule has 2 N–H and O–H groups in total. The first-order valence-electron chi connectivity index (χ1n) is 8.62. The standard InChI is InChI=1S/C21H18BrClN2O3S/c1-13-3-7-18(11-14(13)2)25-29(27,28)20-12-15(4-10-19(20)23)21(26)24-17-8-5-16(22)6-9-17/h3-12,25H,1-2H3,(H,24,26). The number of carbonyl (C=O) groups is 1. The van der Waals surface area contributed by atoms with E-state index < -0.39 is 15.9 Å². The average Bonchev–Trinajstić information content (AvgIpc) is 2.66. The number of rotatable bonds is 5. The largest absolute Gasteiger partial charge is 0.322 e. The van der Waals surface area contributed by atoms with Crippen molar-refractivity contribution < 1.29 is 13.2 Å². The van der Waals surface area contributed by atoms with Gasteiger partial charge in [0.05, 0.1) is 5.02 Å². The zero-order valence-electron chi connectivity index (χ0n) is 15.7. The third-order valence-electron chi connectivity index (χ3n) is 4.34. The van der Waals surface area contributed by atoms with Gasteiger partial charge in [0, 0.05) is 21.4 Å². The third-order valence-corrected chi connectivity index (χ3v) is 6.74. The summed E-state index contributed by atoms with van der Waals surface area (Å²) in [5.41, 5.74) is 3.20. The maximum absolute atomic E-state index is 12.9. The first-order valence-corrected chi connectivity index (χ1v) is 11.3. The van der Waals surface area contributed by atoms with Gasteiger partial charge in [-0.25, -0.2) is 8.42 Å². The highest BCUT2D eigenvalue weighted by atomic mass is 79.9. The SMILES string of the molecule is Cc1ccc(NS(=O)(=O)c2cc(C(=O)Nc3ccc(Br)cc3)ccc2Cl)cc1C. The monoisotopic (exact) mass is 492 g/mol. The van der Waals surface area contributed by atoms with E-state index in [0.717, 1.165) is 15.6 Å². The Morgan fingerprint density at radius 1 is 0.897 bits per heavy atom. The fourth-order valence-electron chi connectivity index (χ4n) is 2.60.